The predicted octanol–water partition coefficient (Wildman–Crippen LogP) is 4.30. The summed E-state index contributed by atoms with van der Waals surface area (Å²) in [5, 5.41) is 12.3. The van der Waals surface area contributed by atoms with E-state index in [-0.39, 0.29) is 25.2 Å². The van der Waals surface area contributed by atoms with Gasteiger partial charge in [0.15, 0.2) is 0 Å². The van der Waals surface area contributed by atoms with Crippen molar-refractivity contribution in [2.45, 2.75) is 64.3 Å². The molecule has 2 aromatic rings. The van der Waals surface area contributed by atoms with E-state index < -0.39 is 11.7 Å². The van der Waals surface area contributed by atoms with Crippen LogP contribution < -0.4 is 10.2 Å². The minimum absolute atomic E-state index is 0.141. The Bertz CT molecular complexity index is 987. The van der Waals surface area contributed by atoms with Gasteiger partial charge < -0.3 is 19.7 Å². The monoisotopic (exact) mass is 450 g/mol. The van der Waals surface area contributed by atoms with Gasteiger partial charge in [0.25, 0.3) is 0 Å². The maximum Gasteiger partial charge on any atom is 0.409 e. The molecule has 1 aliphatic heterocycles. The molecule has 1 saturated heterocycles. The Hall–Kier alpha value is -3.60. The predicted molar refractivity (Wildman–Crippen MR) is 123 cm³/mol. The molecule has 0 spiro atoms. The number of esters is 1. The van der Waals surface area contributed by atoms with E-state index in [1.54, 1.807) is 32.2 Å². The van der Waals surface area contributed by atoms with Crippen molar-refractivity contribution in [1.82, 2.24) is 10.3 Å². The quantitative estimate of drug-likeness (QED) is 0.598. The average molecular weight is 451 g/mol. The number of nitrogens with zero attached hydrogens (tertiary/aromatic N) is 3. The molecule has 8 nitrogen and oxygen atoms in total. The van der Waals surface area contributed by atoms with Gasteiger partial charge in [-0.2, -0.15) is 5.26 Å². The van der Waals surface area contributed by atoms with Crippen molar-refractivity contribution in [2.75, 3.05) is 11.4 Å². The summed E-state index contributed by atoms with van der Waals surface area (Å²) in [6.45, 7) is 4.44. The Kier molecular flexibility index (Phi) is 8.25. The second-order valence-electron chi connectivity index (χ2n) is 8.63. The third kappa shape index (κ3) is 7.21. The minimum Gasteiger partial charge on any atom is -0.461 e. The summed E-state index contributed by atoms with van der Waals surface area (Å²) >= 11 is 0. The first-order chi connectivity index (χ1) is 15.9. The maximum atomic E-state index is 12.7. The van der Waals surface area contributed by atoms with Gasteiger partial charge in [0.1, 0.15) is 30.3 Å². The Balaban J connectivity index is 1.50. The van der Waals surface area contributed by atoms with E-state index in [0.717, 1.165) is 24.8 Å². The molecule has 1 atom stereocenters. The number of hydrogen-bond acceptors (Lipinski definition) is 7. The highest BCUT2D eigenvalue weighted by Gasteiger charge is 2.30. The molecule has 1 amide bonds. The summed E-state index contributed by atoms with van der Waals surface area (Å²) in [6.07, 6.45) is 3.86. The molecule has 174 valence electrons. The van der Waals surface area contributed by atoms with Crippen LogP contribution in [0.4, 0.5) is 10.6 Å². The summed E-state index contributed by atoms with van der Waals surface area (Å²) in [6, 6.07) is 15.1. The number of pyridine rings is 1. The van der Waals surface area contributed by atoms with E-state index in [1.807, 2.05) is 35.2 Å². The second kappa shape index (κ2) is 11.3. The van der Waals surface area contributed by atoms with E-state index >= 15 is 0 Å². The van der Waals surface area contributed by atoms with Gasteiger partial charge >= 0.3 is 12.1 Å². The Labute approximate surface area is 194 Å². The summed E-state index contributed by atoms with van der Waals surface area (Å²) in [5.41, 5.74) is 0.539. The zero-order chi connectivity index (χ0) is 23.7. The highest BCUT2D eigenvalue weighted by atomic mass is 16.6. The lowest BCUT2D eigenvalue weighted by Crippen LogP contribution is -2.52. The summed E-state index contributed by atoms with van der Waals surface area (Å²) < 4.78 is 10.9. The number of alkyl carbamates (subject to hydrolysis) is 1. The standard InChI is InChI=1S/C25H30N4O4/c1-25(2,14-13-22(30)32-18-19-9-4-3-5-10-19)33-24(31)28-21-12-6-7-16-29(21)23-20(17-26)11-8-15-27-23/h3-5,8-11,15,21H,6-7,12-14,16,18H2,1-2H3,(H,28,31). The fourth-order valence-electron chi connectivity index (χ4n) is 3.73. The summed E-state index contributed by atoms with van der Waals surface area (Å²) in [5.74, 6) is 0.221. The van der Waals surface area contributed by atoms with Crippen molar-refractivity contribution >= 4 is 17.9 Å². The first kappa shape index (κ1) is 24.1. The number of amides is 1. The van der Waals surface area contributed by atoms with Gasteiger partial charge in [0.2, 0.25) is 0 Å². The molecule has 1 unspecified atom stereocenters. The normalized spacial score (nSPS) is 15.9. The van der Waals surface area contributed by atoms with Crippen molar-refractivity contribution < 1.29 is 19.1 Å². The molecule has 1 aliphatic rings. The number of piperidine rings is 1. The second-order valence-corrected chi connectivity index (χ2v) is 8.63. The lowest BCUT2D eigenvalue weighted by atomic mass is 10.0. The van der Waals surface area contributed by atoms with Crippen LogP contribution in [0.25, 0.3) is 0 Å². The van der Waals surface area contributed by atoms with Crippen molar-refractivity contribution in [3.63, 3.8) is 0 Å². The number of carbonyl (C=O) groups excluding carboxylic acids is 2. The van der Waals surface area contributed by atoms with Crippen LogP contribution in [-0.2, 0) is 20.9 Å². The van der Waals surface area contributed by atoms with Crippen LogP contribution in [0.15, 0.2) is 48.7 Å². The summed E-state index contributed by atoms with van der Waals surface area (Å²) in [4.78, 5) is 31.1. The molecule has 0 bridgehead atoms. The maximum absolute atomic E-state index is 12.7. The smallest absolute Gasteiger partial charge is 0.409 e. The van der Waals surface area contributed by atoms with Crippen molar-refractivity contribution in [3.05, 3.63) is 59.8 Å². The topological polar surface area (TPSA) is 105 Å². The molecule has 2 heterocycles. The van der Waals surface area contributed by atoms with Crippen LogP contribution in [0.1, 0.15) is 57.1 Å². The first-order valence-corrected chi connectivity index (χ1v) is 11.2. The van der Waals surface area contributed by atoms with Gasteiger partial charge in [-0.3, -0.25) is 4.79 Å². The molecule has 8 heteroatoms. The zero-order valence-corrected chi connectivity index (χ0v) is 19.1. The third-order valence-electron chi connectivity index (χ3n) is 5.51. The largest absolute Gasteiger partial charge is 0.461 e. The number of hydrogen-bond donors (Lipinski definition) is 1. The fourth-order valence-corrected chi connectivity index (χ4v) is 3.73. The molecule has 0 saturated carbocycles. The number of rotatable bonds is 8. The first-order valence-electron chi connectivity index (χ1n) is 11.2. The highest BCUT2D eigenvalue weighted by molar-refractivity contribution is 5.70. The number of nitrogens with one attached hydrogen (secondary N) is 1. The van der Waals surface area contributed by atoms with Gasteiger partial charge in [0, 0.05) is 19.2 Å². The molecule has 1 N–H and O–H groups in total. The van der Waals surface area contributed by atoms with E-state index in [1.165, 1.54) is 0 Å². The Morgan fingerprint density at radius 1 is 1.21 bits per heavy atom. The van der Waals surface area contributed by atoms with E-state index in [9.17, 15) is 14.9 Å². The lowest BCUT2D eigenvalue weighted by Gasteiger charge is -2.37. The van der Waals surface area contributed by atoms with Crippen LogP contribution in [0.2, 0.25) is 0 Å². The van der Waals surface area contributed by atoms with Crippen LogP contribution in [0, 0.1) is 11.3 Å². The average Bonchev–Trinajstić information content (AvgIpc) is 2.82. The molecule has 0 aliphatic carbocycles. The van der Waals surface area contributed by atoms with E-state index in [0.29, 0.717) is 24.3 Å². The van der Waals surface area contributed by atoms with Crippen molar-refractivity contribution in [1.29, 1.82) is 5.26 Å². The van der Waals surface area contributed by atoms with Gasteiger partial charge in [0.05, 0.1) is 5.56 Å². The molecule has 33 heavy (non-hydrogen) atoms. The van der Waals surface area contributed by atoms with Gasteiger partial charge in [-0.15, -0.1) is 0 Å². The zero-order valence-electron chi connectivity index (χ0n) is 19.1. The number of anilines is 1. The molecule has 0 radical (unpaired) electrons. The number of aromatic nitrogens is 1. The third-order valence-corrected chi connectivity index (χ3v) is 5.51. The van der Waals surface area contributed by atoms with E-state index in [2.05, 4.69) is 16.4 Å². The molecule has 1 fully saturated rings. The number of nitriles is 1. The Morgan fingerprint density at radius 2 is 2.00 bits per heavy atom. The molecular weight excluding hydrogens is 420 g/mol. The fraction of sp³-hybridized carbons (Fsp3) is 0.440. The number of carbonyl (C=O) groups is 2. The molecular formula is C25H30N4O4. The van der Waals surface area contributed by atoms with Gasteiger partial charge in [-0.25, -0.2) is 9.78 Å². The number of ether oxygens (including phenoxy) is 2. The van der Waals surface area contributed by atoms with Gasteiger partial charge in [-0.05, 0) is 57.2 Å². The number of benzene rings is 1. The van der Waals surface area contributed by atoms with Crippen molar-refractivity contribution in [3.8, 4) is 6.07 Å². The molecule has 1 aromatic heterocycles. The van der Waals surface area contributed by atoms with Gasteiger partial charge in [-0.1, -0.05) is 30.3 Å². The summed E-state index contributed by atoms with van der Waals surface area (Å²) in [7, 11) is 0. The SMILES string of the molecule is CC(C)(CCC(=O)OCc1ccccc1)OC(=O)NC1CCCCN1c1ncccc1C#N. The van der Waals surface area contributed by atoms with Crippen LogP contribution >= 0.6 is 0 Å². The van der Waals surface area contributed by atoms with Crippen LogP contribution in [0.5, 0.6) is 0 Å². The van der Waals surface area contributed by atoms with Crippen molar-refractivity contribution in [2.24, 2.45) is 0 Å². The van der Waals surface area contributed by atoms with Crippen LogP contribution in [-0.4, -0.2) is 35.4 Å². The van der Waals surface area contributed by atoms with E-state index in [4.69, 9.17) is 9.47 Å². The van der Waals surface area contributed by atoms with Crippen LogP contribution in [0.3, 0.4) is 0 Å². The highest BCUT2D eigenvalue weighted by Crippen LogP contribution is 2.25. The molecule has 3 rings (SSSR count). The Morgan fingerprint density at radius 3 is 2.76 bits per heavy atom. The molecule has 1 aromatic carbocycles. The minimum atomic E-state index is -0.849. The lowest BCUT2D eigenvalue weighted by molar-refractivity contribution is -0.146.